The monoisotopic (exact) mass is 642 g/mol. The fourth-order valence-electron chi connectivity index (χ4n) is 8.51. The van der Waals surface area contributed by atoms with Gasteiger partial charge in [-0.3, -0.25) is 9.59 Å². The maximum absolute atomic E-state index is 12.9. The summed E-state index contributed by atoms with van der Waals surface area (Å²) in [5.41, 5.74) is 63.0. The fourth-order valence-corrected chi connectivity index (χ4v) is 8.51. The van der Waals surface area contributed by atoms with E-state index in [1.165, 1.54) is 0 Å². The van der Waals surface area contributed by atoms with Crippen molar-refractivity contribution < 1.29 is 14.3 Å². The number of fused-ring (bicyclic) bond motifs is 6. The van der Waals surface area contributed by atoms with Crippen molar-refractivity contribution in [2.24, 2.45) is 28.6 Å². The van der Waals surface area contributed by atoms with E-state index in [1.807, 2.05) is 0 Å². The molecule has 1 saturated heterocycles. The van der Waals surface area contributed by atoms with Gasteiger partial charge in [-0.15, -0.1) is 0 Å². The van der Waals surface area contributed by atoms with Crippen LogP contribution in [0.5, 0.6) is 0 Å². The Bertz CT molecular complexity index is 2570. The first kappa shape index (κ1) is 34.6. The topological polar surface area (TPSA) is 43.4 Å². The second-order valence-corrected chi connectivity index (χ2v) is 12.9. The van der Waals surface area contributed by atoms with Gasteiger partial charge in [0.25, 0.3) is 0 Å². The van der Waals surface area contributed by atoms with Crippen molar-refractivity contribution in [1.82, 2.24) is 0 Å². The fraction of sp³-hybridized carbons (Fsp3) is 0.319. The number of hydrogen-bond donors (Lipinski definition) is 0. The van der Waals surface area contributed by atoms with Gasteiger partial charge in [-0.25, -0.2) is 0 Å². The van der Waals surface area contributed by atoms with Crippen LogP contribution >= 0.6 is 0 Å². The van der Waals surface area contributed by atoms with Crippen LogP contribution in [0.25, 0.3) is 0 Å². The Kier molecular flexibility index (Phi) is 10.4. The summed E-state index contributed by atoms with van der Waals surface area (Å²) in [6.45, 7) is 15.0. The average molecular weight is 643 g/mol. The van der Waals surface area contributed by atoms with Crippen LogP contribution in [0.3, 0.4) is 0 Å². The smallest absolute Gasteiger partial charge is 0.306 e. The Morgan fingerprint density at radius 3 is 1.86 bits per heavy atom. The second kappa shape index (κ2) is 15.0. The van der Waals surface area contributed by atoms with Crippen molar-refractivity contribution in [3.8, 4) is 0 Å². The minimum Gasteiger partial charge on any atom is -0.458 e. The molecule has 0 aromatic heterocycles. The Balaban J connectivity index is 1.87. The first-order chi connectivity index (χ1) is 24.2. The number of ether oxygens (including phenoxy) is 1. The summed E-state index contributed by atoms with van der Waals surface area (Å²) in [6.07, 6.45) is 6.08. The van der Waals surface area contributed by atoms with Gasteiger partial charge in [-0.1, -0.05) is 48.2 Å². The zero-order chi connectivity index (χ0) is 35.6. The van der Waals surface area contributed by atoms with Crippen LogP contribution in [0.15, 0.2) is 174 Å². The highest BCUT2D eigenvalue weighted by molar-refractivity contribution is 5.93. The van der Waals surface area contributed by atoms with Crippen LogP contribution in [-0.4, -0.2) is 17.4 Å². The minimum absolute atomic E-state index is 0.0699. The zero-order valence-electron chi connectivity index (χ0n) is 28.1. The van der Waals surface area contributed by atoms with Crippen LogP contribution in [0.2, 0.25) is 0 Å². The maximum atomic E-state index is 12.9. The van der Waals surface area contributed by atoms with Gasteiger partial charge >= 0.3 is 5.97 Å². The van der Waals surface area contributed by atoms with Crippen molar-refractivity contribution in [2.75, 3.05) is 0 Å². The van der Waals surface area contributed by atoms with E-state index >= 15 is 0 Å². The van der Waals surface area contributed by atoms with E-state index in [9.17, 15) is 9.59 Å². The van der Waals surface area contributed by atoms with Gasteiger partial charge < -0.3 is 4.74 Å². The van der Waals surface area contributed by atoms with Crippen molar-refractivity contribution in [1.29, 1.82) is 0 Å². The summed E-state index contributed by atoms with van der Waals surface area (Å²) in [4.78, 5) is 25.7. The second-order valence-electron chi connectivity index (χ2n) is 12.9. The lowest BCUT2D eigenvalue weighted by molar-refractivity contribution is -0.165. The lowest BCUT2D eigenvalue weighted by Gasteiger charge is -2.59. The zero-order valence-corrected chi connectivity index (χ0v) is 28.1. The molecule has 0 bridgehead atoms. The Morgan fingerprint density at radius 1 is 0.680 bits per heavy atom. The van der Waals surface area contributed by atoms with Crippen LogP contribution in [0, 0.1) is 28.6 Å². The number of carbonyl (C=O) groups is 2. The van der Waals surface area contributed by atoms with Crippen molar-refractivity contribution in [2.45, 2.75) is 64.4 Å². The van der Waals surface area contributed by atoms with E-state index in [0.29, 0.717) is 37.7 Å². The summed E-state index contributed by atoms with van der Waals surface area (Å²) in [5.74, 6) is -0.264. The van der Waals surface area contributed by atoms with E-state index in [1.54, 1.807) is 6.08 Å². The van der Waals surface area contributed by atoms with E-state index in [2.05, 4.69) is 160 Å². The molecule has 4 fully saturated rings. The van der Waals surface area contributed by atoms with Gasteiger partial charge in [-0.2, -0.15) is 0 Å². The molecular weight excluding hydrogens is 613 g/mol. The summed E-state index contributed by atoms with van der Waals surface area (Å²) in [6, 6.07) is 0. The third kappa shape index (κ3) is 6.52. The SMILES string of the molecule is C=C=C=C=C=C=C=C=C=C=C=C=C=C=C1CC2(CCC(=O)O2)C2(C)CCC3C(C(=C=C=C=C=C=C)C(=C=C=C=C=C)C4=CC(=O)CCC43C)C12. The average Bonchev–Trinajstić information content (AvgIpc) is 3.60. The predicted octanol–water partition coefficient (Wildman–Crippen LogP) is 8.50. The van der Waals surface area contributed by atoms with E-state index in [-0.39, 0.29) is 34.9 Å². The Morgan fingerprint density at radius 2 is 1.24 bits per heavy atom. The largest absolute Gasteiger partial charge is 0.458 e. The number of allylic oxidation sites excluding steroid dienone is 3. The van der Waals surface area contributed by atoms with Crippen molar-refractivity contribution in [3.05, 3.63) is 174 Å². The minimum atomic E-state index is -0.692. The molecule has 50 heavy (non-hydrogen) atoms. The van der Waals surface area contributed by atoms with E-state index < -0.39 is 11.0 Å². The van der Waals surface area contributed by atoms with Crippen LogP contribution in [-0.2, 0) is 14.3 Å². The lowest BCUT2D eigenvalue weighted by atomic mass is 9.44. The summed E-state index contributed by atoms with van der Waals surface area (Å²) in [7, 11) is 0. The number of ketones is 1. The normalized spacial score (nSPS) is 28.4. The summed E-state index contributed by atoms with van der Waals surface area (Å²) < 4.78 is 6.28. The third-order valence-electron chi connectivity index (χ3n) is 10.6. The first-order valence-electron chi connectivity index (χ1n) is 16.2. The van der Waals surface area contributed by atoms with Gasteiger partial charge in [0.15, 0.2) is 5.78 Å². The number of rotatable bonds is 0. The highest BCUT2D eigenvalue weighted by atomic mass is 16.6. The molecule has 0 N–H and O–H groups in total. The molecule has 3 heteroatoms. The molecule has 1 spiro atoms. The highest BCUT2D eigenvalue weighted by Crippen LogP contribution is 2.72. The molecule has 6 unspecified atom stereocenters. The van der Waals surface area contributed by atoms with Crippen LogP contribution in [0.4, 0.5) is 0 Å². The van der Waals surface area contributed by atoms with Crippen LogP contribution < -0.4 is 0 Å². The third-order valence-corrected chi connectivity index (χ3v) is 10.6. The van der Waals surface area contributed by atoms with Crippen LogP contribution in [0.1, 0.15) is 58.8 Å². The molecule has 5 rings (SSSR count). The molecular formula is C47H30O3. The van der Waals surface area contributed by atoms with Gasteiger partial charge in [0.05, 0.1) is 0 Å². The van der Waals surface area contributed by atoms with Gasteiger partial charge in [0.2, 0.25) is 0 Å². The predicted molar refractivity (Wildman–Crippen MR) is 186 cm³/mol. The highest BCUT2D eigenvalue weighted by Gasteiger charge is 2.70. The molecule has 3 nitrogen and oxygen atoms in total. The number of hydrogen-bond acceptors (Lipinski definition) is 3. The van der Waals surface area contributed by atoms with Crippen molar-refractivity contribution in [3.63, 3.8) is 0 Å². The summed E-state index contributed by atoms with van der Waals surface area (Å²) in [5, 5.41) is 0. The van der Waals surface area contributed by atoms with E-state index in [0.717, 1.165) is 29.6 Å². The molecule has 0 amide bonds. The maximum Gasteiger partial charge on any atom is 0.306 e. The molecule has 4 aliphatic carbocycles. The molecule has 0 aromatic rings. The summed E-state index contributed by atoms with van der Waals surface area (Å²) >= 11 is 0. The standard InChI is InChI=1S/C47H30O3/c1-6-9-12-14-15-16-17-18-19-20-21-23-25-36-35-47(33-30-42(49)50-47)46(5)32-29-40-43(44(36)46)39(27-24-13-10-7-2)38(26-22-11-8-3)41-34-37(48)28-31-45(40,41)4/h34,40,43-44H,1-3,28-33,35H2,4-5H3. The lowest BCUT2D eigenvalue weighted by Crippen LogP contribution is -2.55. The molecule has 3 saturated carbocycles. The number of esters is 1. The van der Waals surface area contributed by atoms with E-state index in [4.69, 9.17) is 4.74 Å². The molecule has 6 atom stereocenters. The molecule has 236 valence electrons. The molecule has 1 heterocycles. The van der Waals surface area contributed by atoms with Gasteiger partial charge in [0, 0.05) is 47.7 Å². The number of carbonyl (C=O) groups excluding carboxylic acids is 2. The van der Waals surface area contributed by atoms with Gasteiger partial charge in [-0.05, 0) is 166 Å². The molecule has 0 aromatic carbocycles. The Hall–Kier alpha value is -6.74. The van der Waals surface area contributed by atoms with Gasteiger partial charge in [0.1, 0.15) is 5.60 Å². The Labute approximate surface area is 292 Å². The molecule has 0 radical (unpaired) electrons. The quantitative estimate of drug-likeness (QED) is 0.197. The first-order valence-corrected chi connectivity index (χ1v) is 16.2. The molecule has 5 aliphatic rings. The van der Waals surface area contributed by atoms with Crippen molar-refractivity contribution >= 4 is 11.8 Å². The molecule has 1 aliphatic heterocycles.